The zero-order valence-corrected chi connectivity index (χ0v) is 10.2. The fourth-order valence-corrected chi connectivity index (χ4v) is 6.41. The van der Waals surface area contributed by atoms with Crippen LogP contribution in [0.25, 0.3) is 6.08 Å². The van der Waals surface area contributed by atoms with E-state index in [0.29, 0.717) is 0 Å². The third kappa shape index (κ3) is 1.63. The molecule has 0 saturated carbocycles. The molecule has 1 heterocycles. The van der Waals surface area contributed by atoms with Crippen LogP contribution in [0.1, 0.15) is 5.56 Å². The van der Waals surface area contributed by atoms with Crippen molar-refractivity contribution in [3.8, 4) is 0 Å². The molecular weight excluding hydrogens is 217 g/mol. The van der Waals surface area contributed by atoms with Crippen molar-refractivity contribution in [1.29, 1.82) is 0 Å². The van der Waals surface area contributed by atoms with E-state index < -0.39 is 13.3 Å². The molecule has 0 spiro atoms. The molecule has 0 radical (unpaired) electrons. The monoisotopic (exact) mass is 232 g/mol. The van der Waals surface area contributed by atoms with Crippen LogP contribution in [-0.4, -0.2) is 13.3 Å². The van der Waals surface area contributed by atoms with E-state index in [1.807, 2.05) is 0 Å². The standard InChI is InChI=1S/C12H14Ge/c1-13(2)10-6-5-8-11-7-3-4-9-12(11)13/h3-10H,1-2H3. The molecule has 0 bridgehead atoms. The molecule has 0 nitrogen and oxygen atoms in total. The number of rotatable bonds is 0. The molecule has 0 unspecified atom stereocenters. The fourth-order valence-electron chi connectivity index (χ4n) is 1.77. The van der Waals surface area contributed by atoms with Crippen LogP contribution in [0, 0.1) is 0 Å². The molecule has 0 saturated heterocycles. The van der Waals surface area contributed by atoms with Gasteiger partial charge in [-0.1, -0.05) is 0 Å². The molecule has 2 rings (SSSR count). The van der Waals surface area contributed by atoms with Gasteiger partial charge < -0.3 is 0 Å². The van der Waals surface area contributed by atoms with Crippen LogP contribution in [0.15, 0.2) is 41.3 Å². The van der Waals surface area contributed by atoms with E-state index in [-0.39, 0.29) is 0 Å². The summed E-state index contributed by atoms with van der Waals surface area (Å²) >= 11 is -1.81. The first-order valence-corrected chi connectivity index (χ1v) is 11.1. The molecule has 0 aliphatic carbocycles. The number of hydrogen-bond donors (Lipinski definition) is 0. The Labute approximate surface area is 82.3 Å². The van der Waals surface area contributed by atoms with Gasteiger partial charge in [0.25, 0.3) is 0 Å². The summed E-state index contributed by atoms with van der Waals surface area (Å²) in [5.74, 6) is 4.87. The van der Waals surface area contributed by atoms with Crippen molar-refractivity contribution in [3.05, 3.63) is 46.9 Å². The molecule has 1 aromatic rings. The van der Waals surface area contributed by atoms with Gasteiger partial charge in [-0.05, 0) is 0 Å². The Balaban J connectivity index is 2.64. The number of fused-ring (bicyclic) bond motifs is 1. The van der Waals surface area contributed by atoms with Crippen LogP contribution >= 0.6 is 0 Å². The van der Waals surface area contributed by atoms with Gasteiger partial charge in [0.2, 0.25) is 0 Å². The topological polar surface area (TPSA) is 0 Å². The molecule has 1 aromatic carbocycles. The Hall–Kier alpha value is -0.757. The van der Waals surface area contributed by atoms with Gasteiger partial charge in [-0.25, -0.2) is 0 Å². The van der Waals surface area contributed by atoms with Crippen molar-refractivity contribution in [2.24, 2.45) is 0 Å². The van der Waals surface area contributed by atoms with Gasteiger partial charge in [-0.2, -0.15) is 0 Å². The SMILES string of the molecule is [CH3][Ge]1([CH3])[CH]=CC=Cc2cccc[c]21. The zero-order valence-electron chi connectivity index (χ0n) is 8.12. The Bertz CT molecular complexity index is 372. The molecule has 0 aromatic heterocycles. The molecule has 0 amide bonds. The third-order valence-corrected chi connectivity index (χ3v) is 8.58. The molecule has 13 heavy (non-hydrogen) atoms. The van der Waals surface area contributed by atoms with Gasteiger partial charge in [-0.15, -0.1) is 0 Å². The van der Waals surface area contributed by atoms with E-state index >= 15 is 0 Å². The van der Waals surface area contributed by atoms with Gasteiger partial charge in [-0.3, -0.25) is 0 Å². The predicted octanol–water partition coefficient (Wildman–Crippen LogP) is 2.72. The summed E-state index contributed by atoms with van der Waals surface area (Å²) in [5, 5.41) is 0. The van der Waals surface area contributed by atoms with E-state index in [1.54, 1.807) is 4.40 Å². The van der Waals surface area contributed by atoms with Crippen molar-refractivity contribution in [3.63, 3.8) is 0 Å². The number of allylic oxidation sites excluding steroid dienone is 2. The Morgan fingerprint density at radius 1 is 1.00 bits per heavy atom. The second-order valence-electron chi connectivity index (χ2n) is 4.03. The van der Waals surface area contributed by atoms with Crippen molar-refractivity contribution < 1.29 is 0 Å². The summed E-state index contributed by atoms with van der Waals surface area (Å²) in [7, 11) is 0. The molecule has 0 fully saturated rings. The van der Waals surface area contributed by atoms with E-state index in [9.17, 15) is 0 Å². The molecule has 1 aliphatic rings. The molecule has 66 valence electrons. The molecule has 1 aliphatic heterocycles. The van der Waals surface area contributed by atoms with Crippen molar-refractivity contribution >= 4 is 23.7 Å². The number of benzene rings is 1. The quantitative estimate of drug-likeness (QED) is 0.602. The first-order valence-electron chi connectivity index (χ1n) is 4.65. The second-order valence-corrected chi connectivity index (χ2v) is 13.1. The fraction of sp³-hybridized carbons (Fsp3) is 0.167. The summed E-state index contributed by atoms with van der Waals surface area (Å²) < 4.78 is 1.59. The van der Waals surface area contributed by atoms with Crippen molar-refractivity contribution in [2.45, 2.75) is 11.5 Å². The zero-order chi connectivity index (χ0) is 9.31. The summed E-state index contributed by atoms with van der Waals surface area (Å²) in [4.78, 5) is 2.43. The van der Waals surface area contributed by atoms with Crippen LogP contribution in [-0.2, 0) is 0 Å². The van der Waals surface area contributed by atoms with Crippen LogP contribution in [0.4, 0.5) is 0 Å². The first-order chi connectivity index (χ1) is 6.20. The predicted molar refractivity (Wildman–Crippen MR) is 61.7 cm³/mol. The van der Waals surface area contributed by atoms with Crippen LogP contribution in [0.5, 0.6) is 0 Å². The Morgan fingerprint density at radius 2 is 1.77 bits per heavy atom. The Morgan fingerprint density at radius 3 is 2.62 bits per heavy atom. The first kappa shape index (κ1) is 8.82. The van der Waals surface area contributed by atoms with Crippen LogP contribution in [0.2, 0.25) is 11.5 Å². The van der Waals surface area contributed by atoms with Gasteiger partial charge in [0.15, 0.2) is 0 Å². The third-order valence-electron chi connectivity index (χ3n) is 2.55. The van der Waals surface area contributed by atoms with Crippen molar-refractivity contribution in [1.82, 2.24) is 0 Å². The molecule has 0 atom stereocenters. The molecular formula is C12H14Ge. The number of hydrogen-bond acceptors (Lipinski definition) is 0. The Kier molecular flexibility index (Phi) is 2.16. The van der Waals surface area contributed by atoms with Gasteiger partial charge in [0.1, 0.15) is 0 Å². The molecule has 0 N–H and O–H groups in total. The summed E-state index contributed by atoms with van der Waals surface area (Å²) in [5.41, 5.74) is 1.41. The van der Waals surface area contributed by atoms with Gasteiger partial charge in [0, 0.05) is 0 Å². The van der Waals surface area contributed by atoms with Crippen LogP contribution in [0.3, 0.4) is 0 Å². The minimum atomic E-state index is -1.81. The maximum atomic E-state index is 2.43. The summed E-state index contributed by atoms with van der Waals surface area (Å²) in [6.07, 6.45) is 6.57. The van der Waals surface area contributed by atoms with E-state index in [0.717, 1.165) is 0 Å². The van der Waals surface area contributed by atoms with Crippen LogP contribution < -0.4 is 4.40 Å². The normalized spacial score (nSPS) is 18.0. The second kappa shape index (κ2) is 3.19. The molecule has 1 heteroatoms. The van der Waals surface area contributed by atoms with E-state index in [4.69, 9.17) is 0 Å². The maximum absolute atomic E-state index is 2.43. The average Bonchev–Trinajstić information content (AvgIpc) is 2.26. The minimum absolute atomic E-state index is 1.41. The van der Waals surface area contributed by atoms with E-state index in [1.165, 1.54) is 5.56 Å². The summed E-state index contributed by atoms with van der Waals surface area (Å²) in [6, 6.07) is 8.77. The average molecular weight is 231 g/mol. The van der Waals surface area contributed by atoms with Gasteiger partial charge in [0.05, 0.1) is 0 Å². The van der Waals surface area contributed by atoms with E-state index in [2.05, 4.69) is 58.9 Å². The summed E-state index contributed by atoms with van der Waals surface area (Å²) in [6.45, 7) is 0. The van der Waals surface area contributed by atoms with Crippen molar-refractivity contribution in [2.75, 3.05) is 0 Å². The van der Waals surface area contributed by atoms with Gasteiger partial charge >= 0.3 is 82.1 Å².